The van der Waals surface area contributed by atoms with E-state index in [1.54, 1.807) is 23.2 Å². The zero-order valence-corrected chi connectivity index (χ0v) is 18.0. The number of halogens is 1. The Morgan fingerprint density at radius 2 is 2.22 bits per heavy atom. The van der Waals surface area contributed by atoms with Gasteiger partial charge in [-0.1, -0.05) is 11.6 Å². The van der Waals surface area contributed by atoms with Crippen LogP contribution in [-0.4, -0.2) is 38.3 Å². The molecule has 0 bridgehead atoms. The number of hydrogen-bond donors (Lipinski definition) is 1. The van der Waals surface area contributed by atoms with Crippen molar-refractivity contribution in [3.63, 3.8) is 0 Å². The Hall–Kier alpha value is -3.46. The van der Waals surface area contributed by atoms with E-state index >= 15 is 0 Å². The summed E-state index contributed by atoms with van der Waals surface area (Å²) in [6.45, 7) is 2.81. The van der Waals surface area contributed by atoms with Gasteiger partial charge in [0, 0.05) is 23.5 Å². The van der Waals surface area contributed by atoms with E-state index in [9.17, 15) is 9.59 Å². The highest BCUT2D eigenvalue weighted by Gasteiger charge is 2.34. The van der Waals surface area contributed by atoms with E-state index in [2.05, 4.69) is 20.3 Å². The van der Waals surface area contributed by atoms with Gasteiger partial charge in [-0.05, 0) is 43.4 Å². The van der Waals surface area contributed by atoms with E-state index in [4.69, 9.17) is 20.8 Å². The second kappa shape index (κ2) is 8.23. The van der Waals surface area contributed by atoms with Crippen LogP contribution in [0.5, 0.6) is 5.88 Å². The number of fused-ring (bicyclic) bond motifs is 1. The molecule has 1 N–H and O–H groups in total. The van der Waals surface area contributed by atoms with Gasteiger partial charge in [-0.25, -0.2) is 15.0 Å². The van der Waals surface area contributed by atoms with Crippen molar-refractivity contribution in [1.29, 1.82) is 0 Å². The zero-order valence-electron chi connectivity index (χ0n) is 17.2. The van der Waals surface area contributed by atoms with Crippen molar-refractivity contribution in [3.05, 3.63) is 64.6 Å². The second-order valence-electron chi connectivity index (χ2n) is 7.92. The Bertz CT molecular complexity index is 1180. The van der Waals surface area contributed by atoms with Crippen molar-refractivity contribution in [2.24, 2.45) is 5.92 Å². The highest BCUT2D eigenvalue weighted by Crippen LogP contribution is 2.36. The van der Waals surface area contributed by atoms with E-state index in [0.717, 1.165) is 5.56 Å². The molecule has 3 aromatic heterocycles. The normalized spacial score (nSPS) is 16.1. The monoisotopic (exact) mass is 453 g/mol. The van der Waals surface area contributed by atoms with Crippen molar-refractivity contribution >= 4 is 29.2 Å². The van der Waals surface area contributed by atoms with E-state index < -0.39 is 5.91 Å². The van der Waals surface area contributed by atoms with Crippen molar-refractivity contribution in [2.75, 3.05) is 11.9 Å². The van der Waals surface area contributed by atoms with Crippen molar-refractivity contribution in [3.8, 4) is 5.88 Å². The number of hydrogen-bond acceptors (Lipinski definition) is 7. The lowest BCUT2D eigenvalue weighted by molar-refractivity contribution is 0.0715. The summed E-state index contributed by atoms with van der Waals surface area (Å²) in [5, 5.41) is 3.11. The summed E-state index contributed by atoms with van der Waals surface area (Å²) in [6, 6.07) is 3.13. The summed E-state index contributed by atoms with van der Waals surface area (Å²) in [5.41, 5.74) is 1.92. The summed E-state index contributed by atoms with van der Waals surface area (Å²) in [5.74, 6) is 0.734. The van der Waals surface area contributed by atoms with Gasteiger partial charge in [0.1, 0.15) is 10.8 Å². The molecule has 10 heteroatoms. The number of aromatic nitrogens is 3. The molecule has 0 spiro atoms. The Labute approximate surface area is 188 Å². The number of oxazole rings is 1. The Balaban J connectivity index is 1.33. The SMILES string of the molecule is CC(c1cnc(OCC2CC2)c(Cl)c1)N1Cc2c(ccnc2NC(=O)c2cnco2)C1=O. The van der Waals surface area contributed by atoms with Gasteiger partial charge in [-0.2, -0.15) is 0 Å². The fourth-order valence-corrected chi connectivity index (χ4v) is 3.83. The van der Waals surface area contributed by atoms with Gasteiger partial charge < -0.3 is 19.4 Å². The molecule has 32 heavy (non-hydrogen) atoms. The number of nitrogens with zero attached hydrogens (tertiary/aromatic N) is 4. The predicted molar refractivity (Wildman–Crippen MR) is 114 cm³/mol. The van der Waals surface area contributed by atoms with Crippen LogP contribution in [0, 0.1) is 5.92 Å². The molecule has 1 atom stereocenters. The minimum absolute atomic E-state index is 0.0589. The largest absolute Gasteiger partial charge is 0.476 e. The standard InChI is InChI=1S/C22H20ClN5O4/c1-12(14-6-17(23)21(26-7-14)31-10-13-2-3-13)28-9-16-15(22(28)30)4-5-25-19(16)27-20(29)18-8-24-11-32-18/h4-8,11-13H,2-3,9-10H2,1H3,(H,25,27,29). The molecular formula is C22H20ClN5O4. The van der Waals surface area contributed by atoms with E-state index in [-0.39, 0.29) is 24.3 Å². The minimum Gasteiger partial charge on any atom is -0.476 e. The number of amides is 2. The van der Waals surface area contributed by atoms with Crippen molar-refractivity contribution in [2.45, 2.75) is 32.4 Å². The molecule has 164 valence electrons. The molecule has 1 fully saturated rings. The molecule has 0 aromatic carbocycles. The number of carbonyl (C=O) groups is 2. The molecule has 0 saturated heterocycles. The summed E-state index contributed by atoms with van der Waals surface area (Å²) in [4.78, 5) is 39.5. The molecule has 1 saturated carbocycles. The third kappa shape index (κ3) is 3.91. The summed E-state index contributed by atoms with van der Waals surface area (Å²) in [6.07, 6.45) is 8.02. The molecule has 1 aliphatic carbocycles. The van der Waals surface area contributed by atoms with E-state index in [1.165, 1.54) is 31.6 Å². The maximum Gasteiger partial charge on any atom is 0.294 e. The number of anilines is 1. The number of carbonyl (C=O) groups excluding carboxylic acids is 2. The van der Waals surface area contributed by atoms with Crippen LogP contribution in [0.3, 0.4) is 0 Å². The predicted octanol–water partition coefficient (Wildman–Crippen LogP) is 3.88. The number of pyridine rings is 2. The van der Waals surface area contributed by atoms with Crippen LogP contribution in [0.4, 0.5) is 5.82 Å². The highest BCUT2D eigenvalue weighted by atomic mass is 35.5. The van der Waals surface area contributed by atoms with E-state index in [0.29, 0.717) is 40.4 Å². The minimum atomic E-state index is -0.486. The molecular weight excluding hydrogens is 434 g/mol. The fraction of sp³-hybridized carbons (Fsp3) is 0.318. The van der Waals surface area contributed by atoms with Crippen molar-refractivity contribution < 1.29 is 18.7 Å². The first-order chi connectivity index (χ1) is 15.5. The average molecular weight is 454 g/mol. The topological polar surface area (TPSA) is 110 Å². The lowest BCUT2D eigenvalue weighted by atomic mass is 10.1. The quantitative estimate of drug-likeness (QED) is 0.578. The highest BCUT2D eigenvalue weighted by molar-refractivity contribution is 6.31. The van der Waals surface area contributed by atoms with Gasteiger partial charge in [-0.3, -0.25) is 9.59 Å². The lowest BCUT2D eigenvalue weighted by Gasteiger charge is -2.25. The number of ether oxygens (including phenoxy) is 1. The van der Waals surface area contributed by atoms with Gasteiger partial charge in [0.15, 0.2) is 6.39 Å². The van der Waals surface area contributed by atoms with Gasteiger partial charge in [-0.15, -0.1) is 0 Å². The van der Waals surface area contributed by atoms with Gasteiger partial charge in [0.25, 0.3) is 11.8 Å². The third-order valence-electron chi connectivity index (χ3n) is 5.69. The molecule has 2 amide bonds. The van der Waals surface area contributed by atoms with Crippen LogP contribution in [0.1, 0.15) is 57.8 Å². The zero-order chi connectivity index (χ0) is 22.2. The summed E-state index contributed by atoms with van der Waals surface area (Å²) in [7, 11) is 0. The Morgan fingerprint density at radius 3 is 2.94 bits per heavy atom. The van der Waals surface area contributed by atoms with Gasteiger partial charge in [0.2, 0.25) is 11.6 Å². The van der Waals surface area contributed by atoms with Crippen LogP contribution >= 0.6 is 11.6 Å². The van der Waals surface area contributed by atoms with Crippen LogP contribution < -0.4 is 10.1 Å². The van der Waals surface area contributed by atoms with Crippen LogP contribution in [-0.2, 0) is 6.54 Å². The fourth-order valence-electron chi connectivity index (χ4n) is 3.60. The molecule has 3 aromatic rings. The van der Waals surface area contributed by atoms with Crippen LogP contribution in [0.15, 0.2) is 41.5 Å². The van der Waals surface area contributed by atoms with Crippen molar-refractivity contribution in [1.82, 2.24) is 19.9 Å². The van der Waals surface area contributed by atoms with Gasteiger partial charge >= 0.3 is 0 Å². The van der Waals surface area contributed by atoms with Gasteiger partial charge in [0.05, 0.1) is 25.4 Å². The van der Waals surface area contributed by atoms with E-state index in [1.807, 2.05) is 6.92 Å². The Kier molecular flexibility index (Phi) is 5.26. The maximum absolute atomic E-state index is 13.1. The first-order valence-electron chi connectivity index (χ1n) is 10.3. The first-order valence-corrected chi connectivity index (χ1v) is 10.7. The molecule has 5 rings (SSSR count). The molecule has 1 unspecified atom stereocenters. The molecule has 0 radical (unpaired) electrons. The summed E-state index contributed by atoms with van der Waals surface area (Å²) < 4.78 is 10.7. The lowest BCUT2D eigenvalue weighted by Crippen LogP contribution is -2.27. The maximum atomic E-state index is 13.1. The smallest absolute Gasteiger partial charge is 0.294 e. The molecule has 4 heterocycles. The molecule has 1 aliphatic heterocycles. The Morgan fingerprint density at radius 1 is 1.38 bits per heavy atom. The number of rotatable bonds is 7. The van der Waals surface area contributed by atoms with Crippen LogP contribution in [0.2, 0.25) is 5.02 Å². The summed E-state index contributed by atoms with van der Waals surface area (Å²) >= 11 is 6.38. The second-order valence-corrected chi connectivity index (χ2v) is 8.33. The molecule has 9 nitrogen and oxygen atoms in total. The molecule has 2 aliphatic rings. The average Bonchev–Trinajstić information content (AvgIpc) is 3.32. The number of nitrogens with one attached hydrogen (secondary N) is 1. The third-order valence-corrected chi connectivity index (χ3v) is 5.97. The van der Waals surface area contributed by atoms with Crippen LogP contribution in [0.25, 0.3) is 0 Å². The first kappa shape index (κ1) is 20.4.